The molecule has 158 valence electrons. The summed E-state index contributed by atoms with van der Waals surface area (Å²) in [5, 5.41) is 9.22. The van der Waals surface area contributed by atoms with E-state index in [1.165, 1.54) is 83.1 Å². The van der Waals surface area contributed by atoms with Crippen molar-refractivity contribution in [1.82, 2.24) is 0 Å². The molecule has 0 aliphatic heterocycles. The molecule has 0 atom stereocenters. The second-order valence-corrected chi connectivity index (χ2v) is 7.69. The van der Waals surface area contributed by atoms with E-state index in [1.54, 1.807) is 30.3 Å². The molecule has 1 aromatic rings. The van der Waals surface area contributed by atoms with Gasteiger partial charge in [-0.05, 0) is 30.2 Å². The topological polar surface area (TPSA) is 46.5 Å². The van der Waals surface area contributed by atoms with Crippen molar-refractivity contribution in [3.8, 4) is 5.75 Å². The first-order valence-corrected chi connectivity index (χ1v) is 11.4. The standard InChI is InChI=1S/C25H40O3/c1-2-3-4-5-6-7-8-9-10-11-12-13-14-15-22-28-25(27)21-18-23-16-19-24(26)20-17-23/h16-21,26H,2-15,22H2,1H3/b21-18+. The number of unbranched alkanes of at least 4 members (excludes halogenated alkanes) is 13. The first-order chi connectivity index (χ1) is 13.7. The summed E-state index contributed by atoms with van der Waals surface area (Å²) < 4.78 is 5.22. The predicted molar refractivity (Wildman–Crippen MR) is 118 cm³/mol. The van der Waals surface area contributed by atoms with E-state index in [2.05, 4.69) is 6.92 Å². The fraction of sp³-hybridized carbons (Fsp3) is 0.640. The number of carbonyl (C=O) groups is 1. The minimum atomic E-state index is -0.303. The van der Waals surface area contributed by atoms with E-state index in [-0.39, 0.29) is 11.7 Å². The zero-order valence-electron chi connectivity index (χ0n) is 17.8. The Balaban J connectivity index is 1.84. The number of ether oxygens (including phenoxy) is 1. The summed E-state index contributed by atoms with van der Waals surface area (Å²) in [5.41, 5.74) is 0.867. The minimum absolute atomic E-state index is 0.220. The lowest BCUT2D eigenvalue weighted by atomic mass is 10.0. The van der Waals surface area contributed by atoms with Gasteiger partial charge in [0.2, 0.25) is 0 Å². The van der Waals surface area contributed by atoms with Crippen molar-refractivity contribution in [3.05, 3.63) is 35.9 Å². The Bertz CT molecular complexity index is 519. The molecule has 0 amide bonds. The van der Waals surface area contributed by atoms with Crippen molar-refractivity contribution in [2.24, 2.45) is 0 Å². The van der Waals surface area contributed by atoms with Gasteiger partial charge in [-0.2, -0.15) is 0 Å². The Hall–Kier alpha value is -1.77. The zero-order chi connectivity index (χ0) is 20.3. The van der Waals surface area contributed by atoms with Crippen molar-refractivity contribution >= 4 is 12.0 Å². The minimum Gasteiger partial charge on any atom is -0.508 e. The summed E-state index contributed by atoms with van der Waals surface area (Å²) in [7, 11) is 0. The third-order valence-corrected chi connectivity index (χ3v) is 5.05. The van der Waals surface area contributed by atoms with Gasteiger partial charge in [-0.15, -0.1) is 0 Å². The highest BCUT2D eigenvalue weighted by Gasteiger charge is 1.98. The maximum atomic E-state index is 11.7. The quantitative estimate of drug-likeness (QED) is 0.171. The first kappa shape index (κ1) is 24.3. The monoisotopic (exact) mass is 388 g/mol. The number of phenols is 1. The average Bonchev–Trinajstić information content (AvgIpc) is 2.70. The summed E-state index contributed by atoms with van der Waals surface area (Å²) in [6.45, 7) is 2.77. The van der Waals surface area contributed by atoms with E-state index >= 15 is 0 Å². The number of benzene rings is 1. The lowest BCUT2D eigenvalue weighted by molar-refractivity contribution is -0.137. The van der Waals surface area contributed by atoms with Gasteiger partial charge >= 0.3 is 5.97 Å². The maximum absolute atomic E-state index is 11.7. The van der Waals surface area contributed by atoms with Crippen LogP contribution < -0.4 is 0 Å². The lowest BCUT2D eigenvalue weighted by Crippen LogP contribution is -2.02. The van der Waals surface area contributed by atoms with Crippen LogP contribution >= 0.6 is 0 Å². The number of phenolic OH excluding ortho intramolecular Hbond substituents is 1. The molecule has 1 rings (SSSR count). The number of hydrogen-bond acceptors (Lipinski definition) is 3. The van der Waals surface area contributed by atoms with Crippen LogP contribution in [0.1, 0.15) is 102 Å². The van der Waals surface area contributed by atoms with Gasteiger partial charge in [0.1, 0.15) is 5.75 Å². The van der Waals surface area contributed by atoms with Crippen molar-refractivity contribution in [1.29, 1.82) is 0 Å². The fourth-order valence-electron chi connectivity index (χ4n) is 3.27. The Morgan fingerprint density at radius 1 is 0.786 bits per heavy atom. The van der Waals surface area contributed by atoms with E-state index in [9.17, 15) is 9.90 Å². The predicted octanol–water partition coefficient (Wildman–Crippen LogP) is 7.43. The van der Waals surface area contributed by atoms with E-state index in [0.29, 0.717) is 6.61 Å². The molecule has 0 saturated heterocycles. The molecule has 1 N–H and O–H groups in total. The van der Waals surface area contributed by atoms with Crippen LogP contribution in [0, 0.1) is 0 Å². The molecule has 0 radical (unpaired) electrons. The Morgan fingerprint density at radius 3 is 1.75 bits per heavy atom. The smallest absolute Gasteiger partial charge is 0.330 e. The van der Waals surface area contributed by atoms with Crippen molar-refractivity contribution in [2.45, 2.75) is 96.8 Å². The summed E-state index contributed by atoms with van der Waals surface area (Å²) in [4.78, 5) is 11.7. The summed E-state index contributed by atoms with van der Waals surface area (Å²) in [6, 6.07) is 6.71. The molecule has 1 aromatic carbocycles. The van der Waals surface area contributed by atoms with Crippen molar-refractivity contribution in [2.75, 3.05) is 6.61 Å². The molecule has 0 spiro atoms. The van der Waals surface area contributed by atoms with Crippen LogP contribution in [0.3, 0.4) is 0 Å². The van der Waals surface area contributed by atoms with Crippen LogP contribution in [0.4, 0.5) is 0 Å². The van der Waals surface area contributed by atoms with Gasteiger partial charge in [-0.25, -0.2) is 4.79 Å². The zero-order valence-corrected chi connectivity index (χ0v) is 17.8. The Labute approximate surface area is 172 Å². The highest BCUT2D eigenvalue weighted by molar-refractivity contribution is 5.87. The average molecular weight is 389 g/mol. The van der Waals surface area contributed by atoms with Crippen molar-refractivity contribution < 1.29 is 14.6 Å². The Kier molecular flexibility index (Phi) is 15.0. The molecule has 0 saturated carbocycles. The summed E-state index contributed by atoms with van der Waals surface area (Å²) in [5.74, 6) is -0.0831. The fourth-order valence-corrected chi connectivity index (χ4v) is 3.27. The van der Waals surface area contributed by atoms with Crippen LogP contribution in [0.25, 0.3) is 6.08 Å². The number of rotatable bonds is 17. The van der Waals surface area contributed by atoms with Gasteiger partial charge in [0.15, 0.2) is 0 Å². The number of carbonyl (C=O) groups excluding carboxylic acids is 1. The van der Waals surface area contributed by atoms with Crippen molar-refractivity contribution in [3.63, 3.8) is 0 Å². The van der Waals surface area contributed by atoms with Crippen LogP contribution in [0.15, 0.2) is 30.3 Å². The second kappa shape index (κ2) is 17.3. The third kappa shape index (κ3) is 14.3. The van der Waals surface area contributed by atoms with Gasteiger partial charge in [-0.1, -0.05) is 103 Å². The van der Waals surface area contributed by atoms with E-state index < -0.39 is 0 Å². The summed E-state index contributed by atoms with van der Waals surface area (Å²) >= 11 is 0. The largest absolute Gasteiger partial charge is 0.508 e. The van der Waals surface area contributed by atoms with Gasteiger partial charge in [0.05, 0.1) is 6.61 Å². The van der Waals surface area contributed by atoms with Crippen LogP contribution in [0.2, 0.25) is 0 Å². The van der Waals surface area contributed by atoms with Gasteiger partial charge in [-0.3, -0.25) is 0 Å². The highest BCUT2D eigenvalue weighted by Crippen LogP contribution is 2.13. The normalized spacial score (nSPS) is 11.2. The molecule has 3 heteroatoms. The SMILES string of the molecule is CCCCCCCCCCCCCCCCOC(=O)/C=C/c1ccc(O)cc1. The molecule has 28 heavy (non-hydrogen) atoms. The number of esters is 1. The molecule has 0 bridgehead atoms. The first-order valence-electron chi connectivity index (χ1n) is 11.4. The molecule has 0 unspecified atom stereocenters. The molecule has 0 aromatic heterocycles. The van der Waals surface area contributed by atoms with E-state index in [1.807, 2.05) is 0 Å². The molecule has 0 heterocycles. The molecule has 0 aliphatic rings. The second-order valence-electron chi connectivity index (χ2n) is 7.69. The number of aromatic hydroxyl groups is 1. The van der Waals surface area contributed by atoms with Gasteiger partial charge < -0.3 is 9.84 Å². The van der Waals surface area contributed by atoms with E-state index in [4.69, 9.17) is 4.74 Å². The Morgan fingerprint density at radius 2 is 1.25 bits per heavy atom. The highest BCUT2D eigenvalue weighted by atomic mass is 16.5. The van der Waals surface area contributed by atoms with Crippen LogP contribution in [-0.2, 0) is 9.53 Å². The molecule has 0 aliphatic carbocycles. The van der Waals surface area contributed by atoms with Gasteiger partial charge in [0.25, 0.3) is 0 Å². The van der Waals surface area contributed by atoms with Crippen LogP contribution in [-0.4, -0.2) is 17.7 Å². The molecular weight excluding hydrogens is 348 g/mol. The molecule has 0 fully saturated rings. The lowest BCUT2D eigenvalue weighted by Gasteiger charge is -2.04. The van der Waals surface area contributed by atoms with Gasteiger partial charge in [0, 0.05) is 6.08 Å². The maximum Gasteiger partial charge on any atom is 0.330 e. The summed E-state index contributed by atoms with van der Waals surface area (Å²) in [6.07, 6.45) is 21.6. The number of hydrogen-bond donors (Lipinski definition) is 1. The molecule has 3 nitrogen and oxygen atoms in total. The van der Waals surface area contributed by atoms with Crippen LogP contribution in [0.5, 0.6) is 5.75 Å². The van der Waals surface area contributed by atoms with E-state index in [0.717, 1.165) is 18.4 Å². The third-order valence-electron chi connectivity index (χ3n) is 5.05. The molecular formula is C25H40O3.